The number of aryl methyl sites for hydroxylation is 1. The first-order chi connectivity index (χ1) is 11.1. The molecule has 6 nitrogen and oxygen atoms in total. The lowest BCUT2D eigenvalue weighted by Crippen LogP contribution is -2.36. The van der Waals surface area contributed by atoms with E-state index in [4.69, 9.17) is 0 Å². The average Bonchev–Trinajstić information content (AvgIpc) is 3.03. The summed E-state index contributed by atoms with van der Waals surface area (Å²) in [6, 6.07) is 4.15. The van der Waals surface area contributed by atoms with Crippen LogP contribution in [0.15, 0.2) is 18.3 Å². The van der Waals surface area contributed by atoms with Crippen molar-refractivity contribution in [2.24, 2.45) is 0 Å². The number of rotatable bonds is 6. The molecule has 1 aromatic heterocycles. The number of hydrogen-bond donors (Lipinski definition) is 3. The van der Waals surface area contributed by atoms with Gasteiger partial charge < -0.3 is 16.0 Å². The maximum Gasteiger partial charge on any atom is 0.315 e. The summed E-state index contributed by atoms with van der Waals surface area (Å²) < 4.78 is 0. The SMILES string of the molecule is Cc1cc(NC(=O)CCCC[C@@H]2SC[C@@H]3NC(=O)N[C@H]32)ccn1. The van der Waals surface area contributed by atoms with Crippen LogP contribution in [-0.4, -0.2) is 40.0 Å². The molecule has 0 spiro atoms. The van der Waals surface area contributed by atoms with Gasteiger partial charge in [-0.25, -0.2) is 4.79 Å². The number of hydrogen-bond acceptors (Lipinski definition) is 4. The minimum atomic E-state index is -0.0441. The van der Waals surface area contributed by atoms with Crippen LogP contribution in [-0.2, 0) is 4.79 Å². The Hall–Kier alpha value is -1.76. The maximum absolute atomic E-state index is 11.9. The smallest absolute Gasteiger partial charge is 0.315 e. The Balaban J connectivity index is 1.35. The van der Waals surface area contributed by atoms with Crippen molar-refractivity contribution < 1.29 is 9.59 Å². The van der Waals surface area contributed by atoms with Crippen molar-refractivity contribution in [1.29, 1.82) is 0 Å². The molecule has 2 saturated heterocycles. The van der Waals surface area contributed by atoms with Crippen LogP contribution >= 0.6 is 11.8 Å². The van der Waals surface area contributed by atoms with Crippen molar-refractivity contribution in [3.05, 3.63) is 24.0 Å². The highest BCUT2D eigenvalue weighted by Crippen LogP contribution is 2.33. The number of nitrogens with zero attached hydrogens (tertiary/aromatic N) is 1. The number of nitrogens with one attached hydrogen (secondary N) is 3. The molecule has 2 fully saturated rings. The topological polar surface area (TPSA) is 83.1 Å². The molecule has 3 heterocycles. The summed E-state index contributed by atoms with van der Waals surface area (Å²) in [5, 5.41) is 9.31. The second kappa shape index (κ2) is 7.21. The van der Waals surface area contributed by atoms with Gasteiger partial charge in [0.15, 0.2) is 0 Å². The molecule has 0 bridgehead atoms. The van der Waals surface area contributed by atoms with Gasteiger partial charge in [0, 0.05) is 35.0 Å². The fourth-order valence-corrected chi connectivity index (χ4v) is 4.66. The zero-order valence-corrected chi connectivity index (χ0v) is 14.0. The summed E-state index contributed by atoms with van der Waals surface area (Å²) in [4.78, 5) is 27.4. The zero-order chi connectivity index (χ0) is 16.2. The van der Waals surface area contributed by atoms with Crippen LogP contribution in [0.5, 0.6) is 0 Å². The maximum atomic E-state index is 11.9. The standard InChI is InChI=1S/C16H22N4O2S/c1-10-8-11(6-7-17-10)18-14(21)5-3-2-4-13-15-12(9-23-13)19-16(22)20-15/h6-8,12-13,15H,2-5,9H2,1H3,(H,17,18,21)(H2,19,20,22)/t12-,13-,15+/m0/s1. The molecule has 2 aliphatic rings. The molecule has 124 valence electrons. The fraction of sp³-hybridized carbons (Fsp3) is 0.562. The van der Waals surface area contributed by atoms with E-state index in [2.05, 4.69) is 20.9 Å². The molecular weight excluding hydrogens is 312 g/mol. The van der Waals surface area contributed by atoms with Crippen LogP contribution in [0.2, 0.25) is 0 Å². The molecule has 23 heavy (non-hydrogen) atoms. The van der Waals surface area contributed by atoms with Crippen molar-refractivity contribution in [3.63, 3.8) is 0 Å². The van der Waals surface area contributed by atoms with Gasteiger partial charge >= 0.3 is 6.03 Å². The van der Waals surface area contributed by atoms with E-state index in [0.29, 0.717) is 11.7 Å². The first kappa shape index (κ1) is 16.1. The number of amides is 3. The number of unbranched alkanes of at least 4 members (excludes halogenated alkanes) is 1. The van der Waals surface area contributed by atoms with Crippen molar-refractivity contribution in [2.45, 2.75) is 49.9 Å². The van der Waals surface area contributed by atoms with E-state index in [0.717, 1.165) is 36.4 Å². The number of fused-ring (bicyclic) bond motifs is 1. The summed E-state index contributed by atoms with van der Waals surface area (Å²) in [7, 11) is 0. The minimum absolute atomic E-state index is 0.0441. The summed E-state index contributed by atoms with van der Waals surface area (Å²) >= 11 is 1.91. The number of aromatic nitrogens is 1. The lowest BCUT2D eigenvalue weighted by Gasteiger charge is -2.16. The van der Waals surface area contributed by atoms with Crippen molar-refractivity contribution in [1.82, 2.24) is 15.6 Å². The van der Waals surface area contributed by atoms with Gasteiger partial charge in [-0.05, 0) is 31.9 Å². The van der Waals surface area contributed by atoms with Crippen LogP contribution in [0.1, 0.15) is 31.4 Å². The highest BCUT2D eigenvalue weighted by molar-refractivity contribution is 8.00. The normalized spacial score (nSPS) is 25.6. The van der Waals surface area contributed by atoms with E-state index in [1.807, 2.05) is 24.8 Å². The van der Waals surface area contributed by atoms with Gasteiger partial charge in [-0.1, -0.05) is 6.42 Å². The Morgan fingerprint density at radius 3 is 3.13 bits per heavy atom. The minimum Gasteiger partial charge on any atom is -0.332 e. The number of urea groups is 1. The molecule has 1 aromatic rings. The number of carbonyl (C=O) groups excluding carboxylic acids is 2. The Bertz CT molecular complexity index is 595. The van der Waals surface area contributed by atoms with Crippen molar-refractivity contribution in [3.8, 4) is 0 Å². The van der Waals surface area contributed by atoms with Gasteiger partial charge in [-0.15, -0.1) is 0 Å². The van der Waals surface area contributed by atoms with Gasteiger partial charge in [0.05, 0.1) is 12.1 Å². The van der Waals surface area contributed by atoms with Crippen molar-refractivity contribution in [2.75, 3.05) is 11.1 Å². The third-order valence-corrected chi connectivity index (χ3v) is 5.77. The fourth-order valence-electron chi connectivity index (χ4n) is 3.12. The molecule has 3 amide bonds. The predicted molar refractivity (Wildman–Crippen MR) is 91.6 cm³/mol. The molecule has 3 rings (SSSR count). The molecule has 0 aromatic carbocycles. The molecule has 3 N–H and O–H groups in total. The molecule has 0 saturated carbocycles. The Kier molecular flexibility index (Phi) is 5.05. The Morgan fingerprint density at radius 2 is 2.30 bits per heavy atom. The van der Waals surface area contributed by atoms with Crippen molar-refractivity contribution >= 4 is 29.4 Å². The van der Waals surface area contributed by atoms with E-state index in [1.165, 1.54) is 0 Å². The quantitative estimate of drug-likeness (QED) is 0.549. The highest BCUT2D eigenvalue weighted by Gasteiger charge is 2.42. The van der Waals surface area contributed by atoms with E-state index < -0.39 is 0 Å². The first-order valence-electron chi connectivity index (χ1n) is 8.03. The van der Waals surface area contributed by atoms with Crippen LogP contribution in [0.3, 0.4) is 0 Å². The molecule has 3 atom stereocenters. The molecule has 0 unspecified atom stereocenters. The first-order valence-corrected chi connectivity index (χ1v) is 9.08. The monoisotopic (exact) mass is 334 g/mol. The summed E-state index contributed by atoms with van der Waals surface area (Å²) in [5.41, 5.74) is 1.69. The van der Waals surface area contributed by atoms with E-state index >= 15 is 0 Å². The Labute approximate surface area is 140 Å². The number of carbonyl (C=O) groups is 2. The molecule has 7 heteroatoms. The lowest BCUT2D eigenvalue weighted by atomic mass is 10.0. The van der Waals surface area contributed by atoms with Crippen LogP contribution in [0.4, 0.5) is 10.5 Å². The third kappa shape index (κ3) is 4.16. The highest BCUT2D eigenvalue weighted by atomic mass is 32.2. The summed E-state index contributed by atoms with van der Waals surface area (Å²) in [6.45, 7) is 1.90. The number of thioether (sulfide) groups is 1. The van der Waals surface area contributed by atoms with E-state index in [-0.39, 0.29) is 24.0 Å². The average molecular weight is 334 g/mol. The van der Waals surface area contributed by atoms with Crippen LogP contribution in [0.25, 0.3) is 0 Å². The summed E-state index contributed by atoms with van der Waals surface area (Å²) in [6.07, 6.45) is 5.13. The van der Waals surface area contributed by atoms with Gasteiger partial charge in [0.25, 0.3) is 0 Å². The summed E-state index contributed by atoms with van der Waals surface area (Å²) in [5.74, 6) is 1.03. The Morgan fingerprint density at radius 1 is 1.43 bits per heavy atom. The van der Waals surface area contributed by atoms with Gasteiger partial charge in [-0.2, -0.15) is 11.8 Å². The number of pyridine rings is 1. The largest absolute Gasteiger partial charge is 0.332 e. The lowest BCUT2D eigenvalue weighted by molar-refractivity contribution is -0.116. The molecule has 0 aliphatic carbocycles. The van der Waals surface area contributed by atoms with Gasteiger partial charge in [-0.3, -0.25) is 9.78 Å². The van der Waals surface area contributed by atoms with Crippen LogP contribution < -0.4 is 16.0 Å². The molecular formula is C16H22N4O2S. The zero-order valence-electron chi connectivity index (χ0n) is 13.2. The van der Waals surface area contributed by atoms with Gasteiger partial charge in [0.2, 0.25) is 5.91 Å². The predicted octanol–water partition coefficient (Wildman–Crippen LogP) is 2.05. The number of anilines is 1. The molecule has 2 aliphatic heterocycles. The second-order valence-electron chi connectivity index (χ2n) is 6.10. The second-order valence-corrected chi connectivity index (χ2v) is 7.37. The van der Waals surface area contributed by atoms with E-state index in [9.17, 15) is 9.59 Å². The molecule has 0 radical (unpaired) electrons. The van der Waals surface area contributed by atoms with E-state index in [1.54, 1.807) is 12.3 Å². The third-order valence-electron chi connectivity index (χ3n) is 4.26. The van der Waals surface area contributed by atoms with Crippen LogP contribution in [0, 0.1) is 6.92 Å². The van der Waals surface area contributed by atoms with Gasteiger partial charge in [0.1, 0.15) is 0 Å².